The Labute approximate surface area is 75.0 Å². The molecule has 76 valence electrons. The van der Waals surface area contributed by atoms with Gasteiger partial charge >= 0.3 is 5.97 Å². The number of hydrogen-bond acceptors (Lipinski definition) is 4. The summed E-state index contributed by atoms with van der Waals surface area (Å²) in [5.41, 5.74) is 4.85. The largest absolute Gasteiger partial charge is 0.481 e. The van der Waals surface area contributed by atoms with Crippen LogP contribution in [0.25, 0.3) is 0 Å². The average Bonchev–Trinajstić information content (AvgIpc) is 1.95. The van der Waals surface area contributed by atoms with Crippen molar-refractivity contribution in [3.8, 4) is 0 Å². The van der Waals surface area contributed by atoms with Crippen LogP contribution >= 0.6 is 0 Å². The van der Waals surface area contributed by atoms with E-state index in [1.54, 1.807) is 0 Å². The van der Waals surface area contributed by atoms with Crippen molar-refractivity contribution in [2.24, 2.45) is 11.7 Å². The second-order valence-corrected chi connectivity index (χ2v) is 2.71. The minimum atomic E-state index is -1.81. The van der Waals surface area contributed by atoms with Crippen LogP contribution in [-0.2, 0) is 9.59 Å². The third-order valence-corrected chi connectivity index (χ3v) is 1.63. The molecule has 6 nitrogen and oxygen atoms in total. The molecule has 0 aliphatic heterocycles. The van der Waals surface area contributed by atoms with E-state index in [1.165, 1.54) is 0 Å². The number of rotatable bonds is 6. The van der Waals surface area contributed by atoms with E-state index in [9.17, 15) is 9.59 Å². The number of carbonyl (C=O) groups excluding carboxylic acids is 1. The van der Waals surface area contributed by atoms with E-state index in [0.717, 1.165) is 0 Å². The Bertz CT molecular complexity index is 191. The highest BCUT2D eigenvalue weighted by atomic mass is 16.5. The van der Waals surface area contributed by atoms with Crippen LogP contribution < -0.4 is 5.73 Å². The van der Waals surface area contributed by atoms with Crippen molar-refractivity contribution in [1.82, 2.24) is 0 Å². The fraction of sp³-hybridized carbons (Fsp3) is 0.714. The van der Waals surface area contributed by atoms with Crippen LogP contribution in [-0.4, -0.2) is 33.5 Å². The fourth-order valence-corrected chi connectivity index (χ4v) is 0.911. The lowest BCUT2D eigenvalue weighted by atomic mass is 10.0. The highest BCUT2D eigenvalue weighted by Gasteiger charge is 2.22. The van der Waals surface area contributed by atoms with Gasteiger partial charge in [-0.2, -0.15) is 0 Å². The standard InChI is InChI=1S/C7H13NO5/c8-6(11)4(7(12)13)2-1-3-5(9)10/h4,7,12-13H,1-3H2,(H2,8,11)(H,9,10). The second-order valence-electron chi connectivity index (χ2n) is 2.71. The molecule has 1 atom stereocenters. The second kappa shape index (κ2) is 5.50. The topological polar surface area (TPSA) is 121 Å². The van der Waals surface area contributed by atoms with Crippen molar-refractivity contribution < 1.29 is 24.9 Å². The molecule has 6 heteroatoms. The molecule has 13 heavy (non-hydrogen) atoms. The summed E-state index contributed by atoms with van der Waals surface area (Å²) in [6.45, 7) is 0. The molecule has 0 rings (SSSR count). The first-order valence-electron chi connectivity index (χ1n) is 3.82. The molecule has 0 aromatic heterocycles. The van der Waals surface area contributed by atoms with E-state index >= 15 is 0 Å². The van der Waals surface area contributed by atoms with E-state index in [1.807, 2.05) is 0 Å². The molecule has 1 unspecified atom stereocenters. The van der Waals surface area contributed by atoms with Crippen LogP contribution in [0.5, 0.6) is 0 Å². The quantitative estimate of drug-likeness (QED) is 0.387. The van der Waals surface area contributed by atoms with Gasteiger partial charge in [0.2, 0.25) is 5.91 Å². The van der Waals surface area contributed by atoms with Gasteiger partial charge < -0.3 is 21.1 Å². The smallest absolute Gasteiger partial charge is 0.303 e. The Kier molecular flexibility index (Phi) is 5.01. The molecule has 5 N–H and O–H groups in total. The fourth-order valence-electron chi connectivity index (χ4n) is 0.911. The number of aliphatic hydroxyl groups excluding tert-OH is 1. The first-order chi connectivity index (χ1) is 5.95. The van der Waals surface area contributed by atoms with Crippen LogP contribution in [0.3, 0.4) is 0 Å². The molecular weight excluding hydrogens is 178 g/mol. The zero-order chi connectivity index (χ0) is 10.4. The molecule has 0 aromatic rings. The molecule has 0 aromatic carbocycles. The minimum absolute atomic E-state index is 0.0688. The van der Waals surface area contributed by atoms with Crippen molar-refractivity contribution in [1.29, 1.82) is 0 Å². The Morgan fingerprint density at radius 2 is 1.85 bits per heavy atom. The minimum Gasteiger partial charge on any atom is -0.481 e. The van der Waals surface area contributed by atoms with Gasteiger partial charge in [0.25, 0.3) is 0 Å². The van der Waals surface area contributed by atoms with Crippen molar-refractivity contribution >= 4 is 11.9 Å². The summed E-state index contributed by atoms with van der Waals surface area (Å²) in [7, 11) is 0. The normalized spacial score (nSPS) is 12.8. The molecule has 0 bridgehead atoms. The van der Waals surface area contributed by atoms with Crippen molar-refractivity contribution in [2.45, 2.75) is 25.6 Å². The van der Waals surface area contributed by atoms with Crippen LogP contribution in [0.15, 0.2) is 0 Å². The highest BCUT2D eigenvalue weighted by Crippen LogP contribution is 2.11. The molecule has 0 radical (unpaired) electrons. The summed E-state index contributed by atoms with van der Waals surface area (Å²) in [6.07, 6.45) is -1.66. The zero-order valence-corrected chi connectivity index (χ0v) is 7.01. The summed E-state index contributed by atoms with van der Waals surface area (Å²) >= 11 is 0. The van der Waals surface area contributed by atoms with E-state index in [2.05, 4.69) is 0 Å². The van der Waals surface area contributed by atoms with E-state index < -0.39 is 24.1 Å². The van der Waals surface area contributed by atoms with E-state index in [-0.39, 0.29) is 19.3 Å². The molecule has 0 spiro atoms. The Hall–Kier alpha value is -1.14. The number of hydrogen-bond donors (Lipinski definition) is 4. The Morgan fingerprint density at radius 1 is 1.31 bits per heavy atom. The van der Waals surface area contributed by atoms with Gasteiger partial charge in [-0.15, -0.1) is 0 Å². The molecule has 0 aliphatic carbocycles. The number of primary amides is 1. The SMILES string of the molecule is NC(=O)C(CCCC(=O)O)C(O)O. The van der Waals surface area contributed by atoms with Crippen LogP contribution in [0.2, 0.25) is 0 Å². The third kappa shape index (κ3) is 5.15. The lowest BCUT2D eigenvalue weighted by molar-refractivity contribution is -0.142. The molecule has 0 heterocycles. The van der Waals surface area contributed by atoms with E-state index in [4.69, 9.17) is 21.1 Å². The third-order valence-electron chi connectivity index (χ3n) is 1.63. The number of carbonyl (C=O) groups is 2. The number of amides is 1. The number of carboxylic acids is 1. The first kappa shape index (κ1) is 11.9. The first-order valence-corrected chi connectivity index (χ1v) is 3.82. The molecule has 0 saturated heterocycles. The molecule has 0 aliphatic rings. The van der Waals surface area contributed by atoms with Crippen LogP contribution in [0.1, 0.15) is 19.3 Å². The van der Waals surface area contributed by atoms with Gasteiger partial charge in [0.05, 0.1) is 5.92 Å². The van der Waals surface area contributed by atoms with Crippen LogP contribution in [0, 0.1) is 5.92 Å². The predicted molar refractivity (Wildman–Crippen MR) is 42.4 cm³/mol. The molecular formula is C7H13NO5. The predicted octanol–water partition coefficient (Wildman–Crippen LogP) is -1.35. The van der Waals surface area contributed by atoms with Gasteiger partial charge in [0.15, 0.2) is 6.29 Å². The number of carboxylic acid groups (broad SMARTS) is 1. The van der Waals surface area contributed by atoms with Gasteiger partial charge in [-0.1, -0.05) is 0 Å². The monoisotopic (exact) mass is 191 g/mol. The summed E-state index contributed by atoms with van der Waals surface area (Å²) in [6, 6.07) is 0. The van der Waals surface area contributed by atoms with Gasteiger partial charge in [-0.25, -0.2) is 0 Å². The van der Waals surface area contributed by atoms with Gasteiger partial charge in [0.1, 0.15) is 0 Å². The van der Waals surface area contributed by atoms with Crippen molar-refractivity contribution in [3.63, 3.8) is 0 Å². The molecule has 1 amide bonds. The lowest BCUT2D eigenvalue weighted by Gasteiger charge is -2.13. The summed E-state index contributed by atoms with van der Waals surface area (Å²) in [4.78, 5) is 20.7. The van der Waals surface area contributed by atoms with Crippen LogP contribution in [0.4, 0.5) is 0 Å². The van der Waals surface area contributed by atoms with Gasteiger partial charge in [-0.05, 0) is 12.8 Å². The Morgan fingerprint density at radius 3 is 2.15 bits per heavy atom. The maximum Gasteiger partial charge on any atom is 0.303 e. The summed E-state index contributed by atoms with van der Waals surface area (Å²) < 4.78 is 0. The van der Waals surface area contributed by atoms with Crippen molar-refractivity contribution in [3.05, 3.63) is 0 Å². The number of aliphatic hydroxyl groups is 2. The number of aliphatic carboxylic acids is 1. The molecule has 0 saturated carbocycles. The van der Waals surface area contributed by atoms with Gasteiger partial charge in [0, 0.05) is 6.42 Å². The van der Waals surface area contributed by atoms with Crippen molar-refractivity contribution in [2.75, 3.05) is 0 Å². The van der Waals surface area contributed by atoms with E-state index in [0.29, 0.717) is 0 Å². The maximum absolute atomic E-state index is 10.6. The average molecular weight is 191 g/mol. The Balaban J connectivity index is 3.84. The lowest BCUT2D eigenvalue weighted by Crippen LogP contribution is -2.33. The van der Waals surface area contributed by atoms with Gasteiger partial charge in [-0.3, -0.25) is 9.59 Å². The summed E-state index contributed by atoms with van der Waals surface area (Å²) in [5, 5.41) is 25.6. The highest BCUT2D eigenvalue weighted by molar-refractivity contribution is 5.77. The number of nitrogens with two attached hydrogens (primary N) is 1. The zero-order valence-electron chi connectivity index (χ0n) is 7.01. The summed E-state index contributed by atoms with van der Waals surface area (Å²) in [5.74, 6) is -2.91. The molecule has 0 fully saturated rings. The maximum atomic E-state index is 10.6.